The number of hydrogen-bond donors (Lipinski definition) is 1. The molecule has 0 unspecified atom stereocenters. The minimum Gasteiger partial charge on any atom is -0.484 e. The highest BCUT2D eigenvalue weighted by molar-refractivity contribution is 5.83. The largest absolute Gasteiger partial charge is 0.484 e. The summed E-state index contributed by atoms with van der Waals surface area (Å²) >= 11 is 0. The lowest BCUT2D eigenvalue weighted by Crippen LogP contribution is -2.24. The monoisotopic (exact) mass is 361 g/mol. The Kier molecular flexibility index (Phi) is 5.28. The molecule has 3 aromatic rings. The highest BCUT2D eigenvalue weighted by Gasteiger charge is 2.06. The van der Waals surface area contributed by atoms with Crippen molar-refractivity contribution in [1.82, 2.24) is 5.43 Å². The zero-order valence-electron chi connectivity index (χ0n) is 14.4. The molecule has 3 rings (SSSR count). The molecule has 0 fully saturated rings. The average molecular weight is 361 g/mol. The first-order chi connectivity index (χ1) is 13.0. The number of aryl methyl sites for hydroxylation is 1. The van der Waals surface area contributed by atoms with E-state index in [1.165, 1.54) is 12.3 Å². The minimum absolute atomic E-state index is 0.244. The summed E-state index contributed by atoms with van der Waals surface area (Å²) in [5, 5.41) is 13.4. The van der Waals surface area contributed by atoms with Crippen molar-refractivity contribution in [2.24, 2.45) is 5.10 Å². The molecule has 1 heterocycles. The van der Waals surface area contributed by atoms with Crippen LogP contribution in [-0.4, -0.2) is 18.7 Å². The second-order valence-corrected chi connectivity index (χ2v) is 5.72. The fourth-order valence-electron chi connectivity index (χ4n) is 2.40. The number of nitrogens with zero attached hydrogens (tertiary/aromatic N) is 2. The third kappa shape index (κ3) is 4.58. The van der Waals surface area contributed by atoms with Crippen LogP contribution in [0.5, 0.6) is 5.75 Å². The molecule has 1 N–H and O–H groups in total. The average Bonchev–Trinajstić information content (AvgIpc) is 2.66. The van der Waals surface area contributed by atoms with Gasteiger partial charge in [0.1, 0.15) is 11.3 Å². The van der Waals surface area contributed by atoms with E-state index in [0.717, 1.165) is 16.5 Å². The van der Waals surface area contributed by atoms with Crippen molar-refractivity contribution < 1.29 is 13.9 Å². The molecular weight excluding hydrogens is 346 g/mol. The molecule has 0 aliphatic rings. The van der Waals surface area contributed by atoms with Gasteiger partial charge in [-0.3, -0.25) is 4.79 Å². The number of amides is 1. The number of ether oxygens (including phenoxy) is 1. The lowest BCUT2D eigenvalue weighted by atomic mass is 10.1. The Morgan fingerprint density at radius 1 is 1.26 bits per heavy atom. The maximum Gasteiger partial charge on any atom is 0.336 e. The Morgan fingerprint density at radius 3 is 2.78 bits per heavy atom. The molecule has 7 heteroatoms. The van der Waals surface area contributed by atoms with E-state index in [0.29, 0.717) is 16.9 Å². The van der Waals surface area contributed by atoms with E-state index in [4.69, 9.17) is 14.4 Å². The molecule has 0 spiro atoms. The molecule has 27 heavy (non-hydrogen) atoms. The summed E-state index contributed by atoms with van der Waals surface area (Å²) in [5.41, 5.74) is 4.42. The van der Waals surface area contributed by atoms with Gasteiger partial charge in [-0.1, -0.05) is 12.1 Å². The number of carbonyl (C=O) groups excluding carboxylic acids is 1. The minimum atomic E-state index is -0.439. The van der Waals surface area contributed by atoms with Crippen LogP contribution in [0.15, 0.2) is 62.8 Å². The third-order valence-electron chi connectivity index (χ3n) is 3.74. The van der Waals surface area contributed by atoms with Crippen LogP contribution < -0.4 is 15.8 Å². The van der Waals surface area contributed by atoms with Gasteiger partial charge in [-0.25, -0.2) is 10.2 Å². The molecule has 7 nitrogen and oxygen atoms in total. The zero-order valence-corrected chi connectivity index (χ0v) is 14.4. The number of hydrogen-bond acceptors (Lipinski definition) is 6. The number of nitriles is 1. The highest BCUT2D eigenvalue weighted by atomic mass is 16.5. The van der Waals surface area contributed by atoms with Crippen molar-refractivity contribution in [3.05, 3.63) is 75.6 Å². The Morgan fingerprint density at radius 2 is 2.04 bits per heavy atom. The van der Waals surface area contributed by atoms with E-state index >= 15 is 0 Å². The first kappa shape index (κ1) is 17.9. The van der Waals surface area contributed by atoms with Crippen molar-refractivity contribution in [2.75, 3.05) is 6.61 Å². The van der Waals surface area contributed by atoms with Gasteiger partial charge in [0.2, 0.25) is 0 Å². The van der Waals surface area contributed by atoms with Crippen LogP contribution in [-0.2, 0) is 4.79 Å². The predicted octanol–water partition coefficient (Wildman–Crippen LogP) is 2.50. The molecule has 0 aliphatic heterocycles. The number of rotatable bonds is 5. The molecule has 0 atom stereocenters. The lowest BCUT2D eigenvalue weighted by Gasteiger charge is -2.06. The van der Waals surface area contributed by atoms with E-state index in [9.17, 15) is 9.59 Å². The summed E-state index contributed by atoms with van der Waals surface area (Å²) in [6.45, 7) is 1.57. The Balaban J connectivity index is 1.57. The molecule has 1 aromatic heterocycles. The quantitative estimate of drug-likeness (QED) is 0.427. The first-order valence-electron chi connectivity index (χ1n) is 8.04. The molecule has 2 aromatic carbocycles. The third-order valence-corrected chi connectivity index (χ3v) is 3.74. The van der Waals surface area contributed by atoms with Crippen LogP contribution in [0.25, 0.3) is 11.0 Å². The van der Waals surface area contributed by atoms with Gasteiger partial charge in [-0.15, -0.1) is 0 Å². The van der Waals surface area contributed by atoms with Crippen molar-refractivity contribution in [2.45, 2.75) is 6.92 Å². The lowest BCUT2D eigenvalue weighted by molar-refractivity contribution is -0.123. The molecule has 0 radical (unpaired) electrons. The summed E-state index contributed by atoms with van der Waals surface area (Å²) in [4.78, 5) is 23.3. The van der Waals surface area contributed by atoms with Crippen LogP contribution in [0.4, 0.5) is 0 Å². The second-order valence-electron chi connectivity index (χ2n) is 5.72. The van der Waals surface area contributed by atoms with Gasteiger partial charge in [0.15, 0.2) is 6.61 Å². The van der Waals surface area contributed by atoms with Gasteiger partial charge < -0.3 is 9.15 Å². The Hall–Kier alpha value is -3.92. The maximum atomic E-state index is 11.8. The highest BCUT2D eigenvalue weighted by Crippen LogP contribution is 2.22. The van der Waals surface area contributed by atoms with E-state index in [1.807, 2.05) is 13.0 Å². The first-order valence-corrected chi connectivity index (χ1v) is 8.04. The summed E-state index contributed by atoms with van der Waals surface area (Å²) in [6, 6.07) is 15.2. The SMILES string of the molecule is Cc1cc(=O)oc2cc(OCC(=O)N/N=C\c3ccc(C#N)cc3)ccc12. The van der Waals surface area contributed by atoms with Crippen LogP contribution >= 0.6 is 0 Å². The Bertz CT molecular complexity index is 1110. The second kappa shape index (κ2) is 7.97. The summed E-state index contributed by atoms with van der Waals surface area (Å²) in [5.74, 6) is -0.0341. The topological polar surface area (TPSA) is 105 Å². The van der Waals surface area contributed by atoms with Crippen molar-refractivity contribution in [3.63, 3.8) is 0 Å². The van der Waals surface area contributed by atoms with Crippen LogP contribution in [0.2, 0.25) is 0 Å². The van der Waals surface area contributed by atoms with E-state index < -0.39 is 11.5 Å². The zero-order chi connectivity index (χ0) is 19.2. The summed E-state index contributed by atoms with van der Waals surface area (Å²) in [6.07, 6.45) is 1.46. The van der Waals surface area contributed by atoms with Gasteiger partial charge in [-0.05, 0) is 42.3 Å². The van der Waals surface area contributed by atoms with E-state index in [2.05, 4.69) is 10.5 Å². The Labute approximate surface area is 154 Å². The fourth-order valence-corrected chi connectivity index (χ4v) is 2.40. The normalized spacial score (nSPS) is 10.7. The van der Waals surface area contributed by atoms with Crippen molar-refractivity contribution >= 4 is 23.1 Å². The number of benzene rings is 2. The molecule has 0 saturated carbocycles. The van der Waals surface area contributed by atoms with Gasteiger partial charge in [0, 0.05) is 17.5 Å². The summed E-state index contributed by atoms with van der Waals surface area (Å²) in [7, 11) is 0. The number of carbonyl (C=O) groups is 1. The van der Waals surface area contributed by atoms with Crippen LogP contribution in [0, 0.1) is 18.3 Å². The van der Waals surface area contributed by atoms with E-state index in [1.54, 1.807) is 42.5 Å². The smallest absolute Gasteiger partial charge is 0.336 e. The van der Waals surface area contributed by atoms with Crippen molar-refractivity contribution in [1.29, 1.82) is 5.26 Å². The van der Waals surface area contributed by atoms with E-state index in [-0.39, 0.29) is 6.61 Å². The van der Waals surface area contributed by atoms with Crippen LogP contribution in [0.3, 0.4) is 0 Å². The standard InChI is InChI=1S/C20H15N3O4/c1-13-8-20(25)27-18-9-16(6-7-17(13)18)26-12-19(24)23-22-11-15-4-2-14(10-21)3-5-15/h2-9,11H,12H2,1H3,(H,23,24)/b22-11-. The number of nitrogens with one attached hydrogen (secondary N) is 1. The van der Waals surface area contributed by atoms with Gasteiger partial charge >= 0.3 is 5.63 Å². The maximum absolute atomic E-state index is 11.8. The van der Waals surface area contributed by atoms with Gasteiger partial charge in [-0.2, -0.15) is 10.4 Å². The van der Waals surface area contributed by atoms with Gasteiger partial charge in [0.25, 0.3) is 5.91 Å². The molecule has 134 valence electrons. The van der Waals surface area contributed by atoms with Crippen LogP contribution in [0.1, 0.15) is 16.7 Å². The predicted molar refractivity (Wildman–Crippen MR) is 99.6 cm³/mol. The number of hydrazone groups is 1. The van der Waals surface area contributed by atoms with Gasteiger partial charge in [0.05, 0.1) is 17.8 Å². The number of fused-ring (bicyclic) bond motifs is 1. The summed E-state index contributed by atoms with van der Waals surface area (Å²) < 4.78 is 10.5. The van der Waals surface area contributed by atoms with Crippen molar-refractivity contribution in [3.8, 4) is 11.8 Å². The fraction of sp³-hybridized carbons (Fsp3) is 0.100. The molecule has 0 saturated heterocycles. The molecule has 0 aliphatic carbocycles. The molecule has 0 bridgehead atoms. The molecule has 1 amide bonds. The molecular formula is C20H15N3O4.